The number of aliphatic hydroxyl groups is 3. The zero-order valence-electron chi connectivity index (χ0n) is 29.3. The highest BCUT2D eigenvalue weighted by Crippen LogP contribution is 2.33. The van der Waals surface area contributed by atoms with E-state index in [0.29, 0.717) is 26.1 Å². The topological polar surface area (TPSA) is 181 Å². The van der Waals surface area contributed by atoms with Crippen LogP contribution in [0.15, 0.2) is 18.2 Å². The molecule has 1 aliphatic heterocycles. The molecule has 0 spiro atoms. The number of H-pyrrole nitrogens is 1. The number of aromatic nitrogens is 2. The number of unbranched alkanes of at least 4 members (excludes halogenated alkanes) is 2. The summed E-state index contributed by atoms with van der Waals surface area (Å²) in [5.74, 6) is 0.804. The first-order valence-corrected chi connectivity index (χ1v) is 17.0. The van der Waals surface area contributed by atoms with Crippen LogP contribution in [0.1, 0.15) is 102 Å². The first-order chi connectivity index (χ1) is 22.3. The molecule has 6 atom stereocenters. The summed E-state index contributed by atoms with van der Waals surface area (Å²) in [6.45, 7) is 15.1. The Morgan fingerprint density at radius 3 is 2.55 bits per heavy atom. The Morgan fingerprint density at radius 2 is 1.91 bits per heavy atom. The second-order valence-corrected chi connectivity index (χ2v) is 13.7. The SMILES string of the molecule is CCCCCC(C)O[C@@H]1C(CO)O[C@@H](Oc2n[nH]c(C(C)C)c2Cc2ccc(OCCCNCC(C)(C)C(N)=O)cc2C)C(O)C1O. The Hall–Kier alpha value is -2.74. The quantitative estimate of drug-likeness (QED) is 0.115. The predicted octanol–water partition coefficient (Wildman–Crippen LogP) is 3.47. The molecule has 1 saturated heterocycles. The van der Waals surface area contributed by atoms with E-state index in [1.807, 2.05) is 45.9 Å². The Labute approximate surface area is 279 Å². The second-order valence-electron chi connectivity index (χ2n) is 13.7. The van der Waals surface area contributed by atoms with Gasteiger partial charge >= 0.3 is 0 Å². The number of aliphatic hydroxyl groups excluding tert-OH is 3. The minimum absolute atomic E-state index is 0.111. The highest BCUT2D eigenvalue weighted by atomic mass is 16.7. The van der Waals surface area contributed by atoms with E-state index >= 15 is 0 Å². The van der Waals surface area contributed by atoms with Gasteiger partial charge in [-0.15, -0.1) is 5.10 Å². The molecule has 0 aliphatic carbocycles. The summed E-state index contributed by atoms with van der Waals surface area (Å²) in [6, 6.07) is 5.94. The van der Waals surface area contributed by atoms with Crippen molar-refractivity contribution < 1.29 is 39.1 Å². The lowest BCUT2D eigenvalue weighted by Gasteiger charge is -2.42. The molecule has 0 saturated carbocycles. The molecule has 2 heterocycles. The van der Waals surface area contributed by atoms with Gasteiger partial charge in [0.25, 0.3) is 0 Å². The van der Waals surface area contributed by atoms with Crippen LogP contribution in [0.4, 0.5) is 0 Å². The molecular formula is C35H58N4O8. The summed E-state index contributed by atoms with van der Waals surface area (Å²) in [7, 11) is 0. The van der Waals surface area contributed by atoms with Crippen molar-refractivity contribution in [3.63, 3.8) is 0 Å². The van der Waals surface area contributed by atoms with Crippen LogP contribution in [0.2, 0.25) is 0 Å². The number of hydrogen-bond donors (Lipinski definition) is 6. The number of aromatic amines is 1. The molecule has 0 bridgehead atoms. The molecule has 7 N–H and O–H groups in total. The van der Waals surface area contributed by atoms with Crippen LogP contribution in [0.3, 0.4) is 0 Å². The first kappa shape index (κ1) is 38.7. The van der Waals surface area contributed by atoms with E-state index in [1.54, 1.807) is 0 Å². The van der Waals surface area contributed by atoms with Crippen molar-refractivity contribution in [3.05, 3.63) is 40.6 Å². The van der Waals surface area contributed by atoms with Crippen molar-refractivity contribution in [2.24, 2.45) is 11.1 Å². The Morgan fingerprint density at radius 1 is 1.17 bits per heavy atom. The summed E-state index contributed by atoms with van der Waals surface area (Å²) < 4.78 is 24.1. The average Bonchev–Trinajstić information content (AvgIpc) is 3.41. The van der Waals surface area contributed by atoms with Crippen molar-refractivity contribution in [3.8, 4) is 11.6 Å². The summed E-state index contributed by atoms with van der Waals surface area (Å²) in [5, 5.41) is 42.9. The normalized spacial score (nSPS) is 22.4. The molecule has 4 unspecified atom stereocenters. The molecule has 1 aromatic carbocycles. The van der Waals surface area contributed by atoms with Crippen molar-refractivity contribution in [2.45, 2.75) is 130 Å². The van der Waals surface area contributed by atoms with E-state index in [1.165, 1.54) is 0 Å². The summed E-state index contributed by atoms with van der Waals surface area (Å²) in [5.41, 5.74) is 8.61. The zero-order valence-corrected chi connectivity index (χ0v) is 29.3. The van der Waals surface area contributed by atoms with Gasteiger partial charge in [0, 0.05) is 24.2 Å². The molecule has 266 valence electrons. The van der Waals surface area contributed by atoms with E-state index in [4.69, 9.17) is 24.7 Å². The van der Waals surface area contributed by atoms with Crippen molar-refractivity contribution in [2.75, 3.05) is 26.3 Å². The smallest absolute Gasteiger partial charge is 0.238 e. The number of nitrogens with zero attached hydrogens (tertiary/aromatic N) is 1. The standard InChI is InChI=1S/C35H58N4O8/c1-8-9-10-12-23(5)45-31-27(19-40)46-33(30(42)29(31)41)47-32-26(28(21(2)3)38-39-32)18-24-13-14-25(17-22(24)4)44-16-11-15-37-20-35(6,7)34(36)43/h13-14,17,21,23,27,29-31,33,37,40-42H,8-12,15-16,18-20H2,1-7H3,(H2,36,43)(H,38,39)/t23?,27?,29?,30?,31-,33+/m1/s1. The number of carbonyl (C=O) groups excluding carboxylic acids is 1. The van der Waals surface area contributed by atoms with E-state index in [0.717, 1.165) is 60.2 Å². The van der Waals surface area contributed by atoms with Crippen LogP contribution < -0.4 is 20.5 Å². The number of amides is 1. The monoisotopic (exact) mass is 662 g/mol. The average molecular weight is 663 g/mol. The first-order valence-electron chi connectivity index (χ1n) is 17.0. The summed E-state index contributed by atoms with van der Waals surface area (Å²) >= 11 is 0. The molecule has 12 heteroatoms. The van der Waals surface area contributed by atoms with Gasteiger partial charge in [-0.1, -0.05) is 46.1 Å². The summed E-state index contributed by atoms with van der Waals surface area (Å²) in [6.07, 6.45) is -0.696. The lowest BCUT2D eigenvalue weighted by molar-refractivity contribution is -0.292. The molecule has 3 rings (SSSR count). The second kappa shape index (κ2) is 18.1. The minimum atomic E-state index is -1.42. The fraction of sp³-hybridized carbons (Fsp3) is 0.714. The highest BCUT2D eigenvalue weighted by Gasteiger charge is 2.47. The fourth-order valence-corrected chi connectivity index (χ4v) is 5.58. The third-order valence-corrected chi connectivity index (χ3v) is 8.77. The van der Waals surface area contributed by atoms with E-state index < -0.39 is 42.7 Å². The number of rotatable bonds is 20. The maximum Gasteiger partial charge on any atom is 0.238 e. The third-order valence-electron chi connectivity index (χ3n) is 8.77. The van der Waals surface area contributed by atoms with E-state index in [9.17, 15) is 20.1 Å². The van der Waals surface area contributed by atoms with Gasteiger partial charge in [0.05, 0.1) is 24.7 Å². The predicted molar refractivity (Wildman–Crippen MR) is 179 cm³/mol. The Bertz CT molecular complexity index is 1250. The number of benzene rings is 1. The number of hydrogen-bond acceptors (Lipinski definition) is 10. The van der Waals surface area contributed by atoms with E-state index in [2.05, 4.69) is 36.3 Å². The molecular weight excluding hydrogens is 604 g/mol. The molecule has 0 radical (unpaired) electrons. The Balaban J connectivity index is 1.64. The minimum Gasteiger partial charge on any atom is -0.494 e. The van der Waals surface area contributed by atoms with Crippen molar-refractivity contribution in [1.29, 1.82) is 0 Å². The molecule has 2 aromatic rings. The third kappa shape index (κ3) is 10.9. The van der Waals surface area contributed by atoms with Crippen LogP contribution in [0, 0.1) is 12.3 Å². The maximum atomic E-state index is 11.5. The summed E-state index contributed by atoms with van der Waals surface area (Å²) in [4.78, 5) is 11.5. The number of primary amides is 1. The number of aryl methyl sites for hydroxylation is 1. The van der Waals surface area contributed by atoms with Crippen LogP contribution in [-0.4, -0.2) is 94.5 Å². The number of nitrogens with two attached hydrogens (primary N) is 1. The maximum absolute atomic E-state index is 11.5. The van der Waals surface area contributed by atoms with Crippen LogP contribution in [0.5, 0.6) is 11.6 Å². The van der Waals surface area contributed by atoms with Crippen LogP contribution in [0.25, 0.3) is 0 Å². The molecule has 1 aliphatic rings. The number of ether oxygens (including phenoxy) is 4. The van der Waals surface area contributed by atoms with Crippen LogP contribution in [-0.2, 0) is 20.7 Å². The highest BCUT2D eigenvalue weighted by molar-refractivity contribution is 5.80. The van der Waals surface area contributed by atoms with Crippen molar-refractivity contribution >= 4 is 5.91 Å². The molecule has 1 amide bonds. The van der Waals surface area contributed by atoms with Gasteiger partial charge in [-0.25, -0.2) is 0 Å². The lowest BCUT2D eigenvalue weighted by atomic mass is 9.93. The van der Waals surface area contributed by atoms with Gasteiger partial charge < -0.3 is 45.3 Å². The Kier molecular flexibility index (Phi) is 14.9. The number of carbonyl (C=O) groups is 1. The van der Waals surface area contributed by atoms with Gasteiger partial charge in [0.15, 0.2) is 0 Å². The molecule has 1 aromatic heterocycles. The molecule has 1 fully saturated rings. The van der Waals surface area contributed by atoms with Gasteiger partial charge in [0.2, 0.25) is 18.1 Å². The van der Waals surface area contributed by atoms with E-state index in [-0.39, 0.29) is 23.8 Å². The van der Waals surface area contributed by atoms with Crippen LogP contribution >= 0.6 is 0 Å². The molecule has 47 heavy (non-hydrogen) atoms. The lowest BCUT2D eigenvalue weighted by Crippen LogP contribution is -2.61. The van der Waals surface area contributed by atoms with Crippen molar-refractivity contribution in [1.82, 2.24) is 15.5 Å². The number of nitrogens with one attached hydrogen (secondary N) is 2. The van der Waals surface area contributed by atoms with Gasteiger partial charge in [0.1, 0.15) is 30.2 Å². The van der Waals surface area contributed by atoms with Gasteiger partial charge in [-0.2, -0.15) is 0 Å². The largest absolute Gasteiger partial charge is 0.494 e. The van der Waals surface area contributed by atoms with Gasteiger partial charge in [-0.05, 0) is 76.3 Å². The van der Waals surface area contributed by atoms with Gasteiger partial charge in [-0.3, -0.25) is 9.89 Å². The fourth-order valence-electron chi connectivity index (χ4n) is 5.58. The zero-order chi connectivity index (χ0) is 34.7. The molecule has 12 nitrogen and oxygen atoms in total.